The number of aryl methyl sites for hydroxylation is 2. The number of carbonyl (C=O) groups is 1. The molecule has 0 aliphatic heterocycles. The largest absolute Gasteiger partial charge is 0.393 e. The fourth-order valence-corrected chi connectivity index (χ4v) is 2.77. The summed E-state index contributed by atoms with van der Waals surface area (Å²) in [5, 5.41) is 9.33. The van der Waals surface area contributed by atoms with Crippen LogP contribution in [0.15, 0.2) is 30.6 Å². The number of ketones is 1. The van der Waals surface area contributed by atoms with Crippen LogP contribution in [0.2, 0.25) is 0 Å². The van der Waals surface area contributed by atoms with Crippen LogP contribution in [0.25, 0.3) is 11.0 Å². The molecule has 0 aliphatic rings. The third-order valence-electron chi connectivity index (χ3n) is 4.32. The molecule has 6 nitrogen and oxygen atoms in total. The van der Waals surface area contributed by atoms with E-state index in [1.54, 1.807) is 13.1 Å². The minimum atomic E-state index is -0.461. The number of carbonyl (C=O) groups excluding carboxylic acids is 1. The summed E-state index contributed by atoms with van der Waals surface area (Å²) in [4.78, 5) is 21.1. The summed E-state index contributed by atoms with van der Waals surface area (Å²) in [6.07, 6.45) is 4.07. The molecule has 0 saturated heterocycles. The monoisotopic (exact) mass is 326 g/mol. The van der Waals surface area contributed by atoms with E-state index in [0.717, 1.165) is 22.7 Å². The fraction of sp³-hybridized carbons (Fsp3) is 0.389. The lowest BCUT2D eigenvalue weighted by Gasteiger charge is -2.05. The zero-order valence-corrected chi connectivity index (χ0v) is 14.2. The van der Waals surface area contributed by atoms with Gasteiger partial charge in [-0.2, -0.15) is 0 Å². The molecule has 2 heterocycles. The molecule has 0 saturated carbocycles. The maximum absolute atomic E-state index is 12.2. The van der Waals surface area contributed by atoms with E-state index in [-0.39, 0.29) is 5.78 Å². The molecule has 0 radical (unpaired) electrons. The number of aliphatic hydroxyl groups is 1. The predicted molar refractivity (Wildman–Crippen MR) is 92.0 cm³/mol. The Hall–Kier alpha value is -2.47. The van der Waals surface area contributed by atoms with Crippen LogP contribution in [0.4, 0.5) is 0 Å². The second-order valence-electron chi connectivity index (χ2n) is 6.20. The number of imidazole rings is 2. The Morgan fingerprint density at radius 3 is 2.83 bits per heavy atom. The number of hydrogen-bond donors (Lipinski definition) is 1. The van der Waals surface area contributed by atoms with Crippen LogP contribution in [0.3, 0.4) is 0 Å². The van der Waals surface area contributed by atoms with Gasteiger partial charge < -0.3 is 14.2 Å². The quantitative estimate of drug-likeness (QED) is 0.706. The number of hydrogen-bond acceptors (Lipinski definition) is 4. The van der Waals surface area contributed by atoms with E-state index in [1.165, 1.54) is 0 Å². The molecule has 3 aromatic rings. The van der Waals surface area contributed by atoms with Crippen molar-refractivity contribution >= 4 is 16.8 Å². The van der Waals surface area contributed by atoms with Gasteiger partial charge in [-0.1, -0.05) is 0 Å². The number of Topliss-reactive ketones (excluding diaryl/α,β-unsaturated/α-hetero) is 1. The van der Waals surface area contributed by atoms with Crippen molar-refractivity contribution in [3.8, 4) is 0 Å². The lowest BCUT2D eigenvalue weighted by molar-refractivity contribution is 0.0949. The first kappa shape index (κ1) is 16.4. The van der Waals surface area contributed by atoms with Crippen molar-refractivity contribution in [2.24, 2.45) is 7.05 Å². The molecule has 2 aromatic heterocycles. The van der Waals surface area contributed by atoms with Crippen molar-refractivity contribution < 1.29 is 9.90 Å². The lowest BCUT2D eigenvalue weighted by Crippen LogP contribution is -2.06. The highest BCUT2D eigenvalue weighted by Gasteiger charge is 2.13. The molecule has 1 unspecified atom stereocenters. The van der Waals surface area contributed by atoms with Gasteiger partial charge in [0.05, 0.1) is 23.7 Å². The standard InChI is InChI=1S/C18H22N4O2/c1-12(23)4-7-17(24)14-5-6-16-15(10-14)20-18(21(16)3)11-22-9-8-19-13(22)2/h5-6,8-10,12,23H,4,7,11H2,1-3H3. The molecule has 0 amide bonds. The van der Waals surface area contributed by atoms with Gasteiger partial charge in [0.1, 0.15) is 11.6 Å². The summed E-state index contributed by atoms with van der Waals surface area (Å²) in [5.41, 5.74) is 2.45. The van der Waals surface area contributed by atoms with Gasteiger partial charge in [-0.15, -0.1) is 0 Å². The molecule has 24 heavy (non-hydrogen) atoms. The van der Waals surface area contributed by atoms with Crippen molar-refractivity contribution in [3.05, 3.63) is 47.8 Å². The van der Waals surface area contributed by atoms with E-state index in [2.05, 4.69) is 9.97 Å². The van der Waals surface area contributed by atoms with Crippen LogP contribution in [-0.4, -0.2) is 36.1 Å². The molecule has 0 fully saturated rings. The molecule has 1 atom stereocenters. The summed E-state index contributed by atoms with van der Waals surface area (Å²) in [5.74, 6) is 1.89. The van der Waals surface area contributed by atoms with Gasteiger partial charge in [0.15, 0.2) is 5.78 Å². The van der Waals surface area contributed by atoms with E-state index in [0.29, 0.717) is 24.9 Å². The number of fused-ring (bicyclic) bond motifs is 1. The van der Waals surface area contributed by atoms with Crippen molar-refractivity contribution in [1.82, 2.24) is 19.1 Å². The SMILES string of the molecule is Cc1nccn1Cc1nc2cc(C(=O)CCC(C)O)ccc2n1C. The van der Waals surface area contributed by atoms with Gasteiger partial charge >= 0.3 is 0 Å². The highest BCUT2D eigenvalue weighted by Crippen LogP contribution is 2.19. The molecular weight excluding hydrogens is 304 g/mol. The Balaban J connectivity index is 1.88. The maximum Gasteiger partial charge on any atom is 0.163 e. The molecule has 0 spiro atoms. The molecule has 6 heteroatoms. The Morgan fingerprint density at radius 1 is 1.38 bits per heavy atom. The van der Waals surface area contributed by atoms with Crippen molar-refractivity contribution in [2.75, 3.05) is 0 Å². The Kier molecular flexibility index (Phi) is 4.49. The average molecular weight is 326 g/mol. The smallest absolute Gasteiger partial charge is 0.163 e. The first-order valence-corrected chi connectivity index (χ1v) is 8.10. The predicted octanol–water partition coefficient (Wildman–Crippen LogP) is 2.47. The Morgan fingerprint density at radius 2 is 2.17 bits per heavy atom. The Labute approximate surface area is 140 Å². The normalized spacial score (nSPS) is 12.7. The first-order chi connectivity index (χ1) is 11.5. The molecule has 1 aromatic carbocycles. The lowest BCUT2D eigenvalue weighted by atomic mass is 10.0. The van der Waals surface area contributed by atoms with Crippen LogP contribution in [0.5, 0.6) is 0 Å². The summed E-state index contributed by atoms with van der Waals surface area (Å²) in [6, 6.07) is 5.60. The van der Waals surface area contributed by atoms with Gasteiger partial charge in [-0.25, -0.2) is 9.97 Å². The fourth-order valence-electron chi connectivity index (χ4n) is 2.77. The summed E-state index contributed by atoms with van der Waals surface area (Å²) in [6.45, 7) is 4.30. The van der Waals surface area contributed by atoms with Crippen LogP contribution >= 0.6 is 0 Å². The average Bonchev–Trinajstić information content (AvgIpc) is 3.09. The second kappa shape index (κ2) is 6.57. The van der Waals surface area contributed by atoms with Crippen molar-refractivity contribution in [2.45, 2.75) is 39.3 Å². The van der Waals surface area contributed by atoms with E-state index >= 15 is 0 Å². The first-order valence-electron chi connectivity index (χ1n) is 8.10. The van der Waals surface area contributed by atoms with Crippen molar-refractivity contribution in [3.63, 3.8) is 0 Å². The molecule has 1 N–H and O–H groups in total. The third kappa shape index (κ3) is 3.23. The third-order valence-corrected chi connectivity index (χ3v) is 4.32. The zero-order valence-electron chi connectivity index (χ0n) is 14.2. The summed E-state index contributed by atoms with van der Waals surface area (Å²) < 4.78 is 4.08. The van der Waals surface area contributed by atoms with Crippen molar-refractivity contribution in [1.29, 1.82) is 0 Å². The topological polar surface area (TPSA) is 72.9 Å². The number of aliphatic hydroxyl groups excluding tert-OH is 1. The van der Waals surface area contributed by atoms with Crippen LogP contribution in [0, 0.1) is 6.92 Å². The molecule has 0 aliphatic carbocycles. The van der Waals surface area contributed by atoms with E-state index < -0.39 is 6.10 Å². The molecular formula is C18H22N4O2. The highest BCUT2D eigenvalue weighted by atomic mass is 16.3. The Bertz CT molecular complexity index is 876. The van der Waals surface area contributed by atoms with Crippen LogP contribution in [-0.2, 0) is 13.6 Å². The minimum absolute atomic E-state index is 0.0375. The number of nitrogens with zero attached hydrogens (tertiary/aromatic N) is 4. The highest BCUT2D eigenvalue weighted by molar-refractivity contribution is 5.98. The second-order valence-corrected chi connectivity index (χ2v) is 6.20. The van der Waals surface area contributed by atoms with E-state index in [1.807, 2.05) is 47.5 Å². The zero-order chi connectivity index (χ0) is 17.3. The minimum Gasteiger partial charge on any atom is -0.393 e. The molecule has 0 bridgehead atoms. The number of aromatic nitrogens is 4. The van der Waals surface area contributed by atoms with E-state index in [9.17, 15) is 9.90 Å². The van der Waals surface area contributed by atoms with Gasteiger partial charge in [0.25, 0.3) is 0 Å². The molecule has 3 rings (SSSR count). The molecule has 126 valence electrons. The van der Waals surface area contributed by atoms with Crippen LogP contribution < -0.4 is 0 Å². The van der Waals surface area contributed by atoms with Crippen LogP contribution in [0.1, 0.15) is 41.8 Å². The van der Waals surface area contributed by atoms with E-state index in [4.69, 9.17) is 0 Å². The maximum atomic E-state index is 12.2. The van der Waals surface area contributed by atoms with Gasteiger partial charge in [0, 0.05) is 31.4 Å². The van der Waals surface area contributed by atoms with Gasteiger partial charge in [0.2, 0.25) is 0 Å². The summed E-state index contributed by atoms with van der Waals surface area (Å²) in [7, 11) is 1.98. The van der Waals surface area contributed by atoms with Gasteiger partial charge in [-0.3, -0.25) is 4.79 Å². The number of benzene rings is 1. The summed E-state index contributed by atoms with van der Waals surface area (Å²) >= 11 is 0. The van der Waals surface area contributed by atoms with Gasteiger partial charge in [-0.05, 0) is 38.5 Å². The number of rotatable bonds is 6.